The summed E-state index contributed by atoms with van der Waals surface area (Å²) < 4.78 is 2.23. The Morgan fingerprint density at radius 3 is 2.40 bits per heavy atom. The molecule has 84 valence electrons. The zero-order chi connectivity index (χ0) is 11.4. The second-order valence-electron chi connectivity index (χ2n) is 4.15. The van der Waals surface area contributed by atoms with E-state index in [1.165, 1.54) is 11.4 Å². The van der Waals surface area contributed by atoms with Gasteiger partial charge in [-0.05, 0) is 38.8 Å². The van der Waals surface area contributed by atoms with Crippen molar-refractivity contribution in [2.24, 2.45) is 5.92 Å². The molecular formula is C12H19NO2. The van der Waals surface area contributed by atoms with E-state index in [4.69, 9.17) is 5.11 Å². The Morgan fingerprint density at radius 2 is 1.93 bits per heavy atom. The molecule has 0 radical (unpaired) electrons. The van der Waals surface area contributed by atoms with Crippen molar-refractivity contribution in [3.8, 4) is 0 Å². The Balaban J connectivity index is 2.41. The van der Waals surface area contributed by atoms with Crippen LogP contribution in [0.3, 0.4) is 0 Å². The molecule has 0 spiro atoms. The van der Waals surface area contributed by atoms with Gasteiger partial charge in [-0.2, -0.15) is 0 Å². The van der Waals surface area contributed by atoms with Gasteiger partial charge in [0.15, 0.2) is 0 Å². The quantitative estimate of drug-likeness (QED) is 0.810. The number of hydrogen-bond donors (Lipinski definition) is 1. The van der Waals surface area contributed by atoms with Gasteiger partial charge in [-0.15, -0.1) is 0 Å². The first-order valence-electron chi connectivity index (χ1n) is 5.38. The van der Waals surface area contributed by atoms with Crippen LogP contribution in [0.2, 0.25) is 0 Å². The Bertz CT molecular complexity index is 322. The third-order valence-corrected chi connectivity index (χ3v) is 2.86. The van der Waals surface area contributed by atoms with Crippen molar-refractivity contribution in [3.63, 3.8) is 0 Å². The lowest BCUT2D eigenvalue weighted by molar-refractivity contribution is -0.141. The molecule has 1 heterocycles. The molecule has 0 aliphatic carbocycles. The number of aliphatic carboxylic acids is 1. The molecule has 0 saturated carbocycles. The maximum absolute atomic E-state index is 10.6. The molecule has 1 N–H and O–H groups in total. The van der Waals surface area contributed by atoms with E-state index < -0.39 is 5.97 Å². The summed E-state index contributed by atoms with van der Waals surface area (Å²) in [5.41, 5.74) is 2.49. The number of hydrogen-bond acceptors (Lipinski definition) is 1. The summed E-state index contributed by atoms with van der Waals surface area (Å²) in [6, 6.07) is 4.19. The van der Waals surface area contributed by atoms with Gasteiger partial charge in [0.05, 0.1) is 5.92 Å². The molecule has 0 saturated heterocycles. The van der Waals surface area contributed by atoms with Gasteiger partial charge in [0, 0.05) is 17.9 Å². The van der Waals surface area contributed by atoms with Crippen LogP contribution >= 0.6 is 0 Å². The molecule has 1 aromatic rings. The number of rotatable bonds is 5. The molecule has 3 nitrogen and oxygen atoms in total. The SMILES string of the molecule is Cc1ccc(C)n1CCCC(C)C(=O)O. The molecule has 0 fully saturated rings. The molecular weight excluding hydrogens is 190 g/mol. The fraction of sp³-hybridized carbons (Fsp3) is 0.583. The minimum atomic E-state index is -0.698. The molecule has 1 rings (SSSR count). The lowest BCUT2D eigenvalue weighted by Gasteiger charge is -2.10. The van der Waals surface area contributed by atoms with Gasteiger partial charge in [0.2, 0.25) is 0 Å². The van der Waals surface area contributed by atoms with Gasteiger partial charge in [0.1, 0.15) is 0 Å². The Kier molecular flexibility index (Phi) is 3.95. The topological polar surface area (TPSA) is 42.2 Å². The van der Waals surface area contributed by atoms with Gasteiger partial charge in [0.25, 0.3) is 0 Å². The predicted octanol–water partition coefficient (Wildman–Crippen LogP) is 2.61. The van der Waals surface area contributed by atoms with Gasteiger partial charge < -0.3 is 9.67 Å². The number of aromatic nitrogens is 1. The summed E-state index contributed by atoms with van der Waals surface area (Å²) in [5, 5.41) is 8.74. The lowest BCUT2D eigenvalue weighted by atomic mass is 10.1. The van der Waals surface area contributed by atoms with Crippen molar-refractivity contribution in [1.29, 1.82) is 0 Å². The largest absolute Gasteiger partial charge is 0.481 e. The monoisotopic (exact) mass is 209 g/mol. The average molecular weight is 209 g/mol. The Hall–Kier alpha value is -1.25. The van der Waals surface area contributed by atoms with Crippen molar-refractivity contribution in [3.05, 3.63) is 23.5 Å². The number of aryl methyl sites for hydroxylation is 2. The molecule has 1 aromatic heterocycles. The van der Waals surface area contributed by atoms with Crippen molar-refractivity contribution >= 4 is 5.97 Å². The first-order valence-corrected chi connectivity index (χ1v) is 5.38. The van der Waals surface area contributed by atoms with Crippen LogP contribution in [0, 0.1) is 19.8 Å². The first kappa shape index (κ1) is 11.8. The number of nitrogens with zero attached hydrogens (tertiary/aromatic N) is 1. The smallest absolute Gasteiger partial charge is 0.306 e. The molecule has 0 aliphatic rings. The van der Waals surface area contributed by atoms with Crippen LogP contribution in [-0.2, 0) is 11.3 Å². The maximum atomic E-state index is 10.6. The molecule has 15 heavy (non-hydrogen) atoms. The van der Waals surface area contributed by atoms with Gasteiger partial charge >= 0.3 is 5.97 Å². The minimum absolute atomic E-state index is 0.235. The van der Waals surface area contributed by atoms with Crippen LogP contribution in [0.15, 0.2) is 12.1 Å². The lowest BCUT2D eigenvalue weighted by Crippen LogP contribution is -2.11. The van der Waals surface area contributed by atoms with Crippen LogP contribution in [0.1, 0.15) is 31.2 Å². The van der Waals surface area contributed by atoms with Crippen LogP contribution < -0.4 is 0 Å². The van der Waals surface area contributed by atoms with Gasteiger partial charge in [-0.25, -0.2) is 0 Å². The Morgan fingerprint density at radius 1 is 1.40 bits per heavy atom. The number of carboxylic acid groups (broad SMARTS) is 1. The molecule has 0 bridgehead atoms. The zero-order valence-electron chi connectivity index (χ0n) is 9.66. The standard InChI is InChI=1S/C12H19NO2/c1-9(12(14)15)5-4-8-13-10(2)6-7-11(13)3/h6-7,9H,4-5,8H2,1-3H3,(H,14,15). The van der Waals surface area contributed by atoms with Crippen LogP contribution in [0.25, 0.3) is 0 Å². The summed E-state index contributed by atoms with van der Waals surface area (Å²) in [6.45, 7) is 6.83. The van der Waals surface area contributed by atoms with E-state index >= 15 is 0 Å². The number of carbonyl (C=O) groups is 1. The average Bonchev–Trinajstić information content (AvgIpc) is 2.48. The van der Waals surface area contributed by atoms with E-state index in [0.29, 0.717) is 0 Å². The highest BCUT2D eigenvalue weighted by atomic mass is 16.4. The molecule has 1 unspecified atom stereocenters. The second kappa shape index (κ2) is 5.01. The first-order chi connectivity index (χ1) is 7.02. The third kappa shape index (κ3) is 3.11. The summed E-state index contributed by atoms with van der Waals surface area (Å²) in [6.07, 6.45) is 1.66. The van der Waals surface area contributed by atoms with E-state index in [2.05, 4.69) is 30.5 Å². The molecule has 3 heteroatoms. The zero-order valence-corrected chi connectivity index (χ0v) is 9.66. The van der Waals surface area contributed by atoms with E-state index in [9.17, 15) is 4.79 Å². The minimum Gasteiger partial charge on any atom is -0.481 e. The highest BCUT2D eigenvalue weighted by molar-refractivity contribution is 5.69. The second-order valence-corrected chi connectivity index (χ2v) is 4.15. The fourth-order valence-corrected chi connectivity index (χ4v) is 1.73. The number of carboxylic acids is 1. The molecule has 1 atom stereocenters. The molecule has 0 aliphatic heterocycles. The van der Waals surface area contributed by atoms with E-state index in [0.717, 1.165) is 19.4 Å². The van der Waals surface area contributed by atoms with Gasteiger partial charge in [-0.1, -0.05) is 6.92 Å². The summed E-state index contributed by atoms with van der Waals surface area (Å²) in [4.78, 5) is 10.6. The summed E-state index contributed by atoms with van der Waals surface area (Å²) in [5.74, 6) is -0.933. The van der Waals surface area contributed by atoms with Gasteiger partial charge in [-0.3, -0.25) is 4.79 Å². The third-order valence-electron chi connectivity index (χ3n) is 2.86. The van der Waals surface area contributed by atoms with Crippen LogP contribution in [-0.4, -0.2) is 15.6 Å². The normalized spacial score (nSPS) is 12.7. The van der Waals surface area contributed by atoms with Crippen molar-refractivity contribution in [1.82, 2.24) is 4.57 Å². The van der Waals surface area contributed by atoms with E-state index in [1.54, 1.807) is 6.92 Å². The van der Waals surface area contributed by atoms with E-state index in [-0.39, 0.29) is 5.92 Å². The highest BCUT2D eigenvalue weighted by Crippen LogP contribution is 2.11. The molecule has 0 amide bonds. The van der Waals surface area contributed by atoms with Crippen LogP contribution in [0.5, 0.6) is 0 Å². The van der Waals surface area contributed by atoms with Crippen molar-refractivity contribution in [2.75, 3.05) is 0 Å². The van der Waals surface area contributed by atoms with Crippen molar-refractivity contribution < 1.29 is 9.90 Å². The predicted molar refractivity (Wildman–Crippen MR) is 59.9 cm³/mol. The van der Waals surface area contributed by atoms with Crippen LogP contribution in [0.4, 0.5) is 0 Å². The Labute approximate surface area is 90.7 Å². The summed E-state index contributed by atoms with van der Waals surface area (Å²) >= 11 is 0. The molecule has 0 aromatic carbocycles. The van der Waals surface area contributed by atoms with Crippen molar-refractivity contribution in [2.45, 2.75) is 40.2 Å². The highest BCUT2D eigenvalue weighted by Gasteiger charge is 2.10. The fourth-order valence-electron chi connectivity index (χ4n) is 1.73. The van der Waals surface area contributed by atoms with E-state index in [1.807, 2.05) is 0 Å². The maximum Gasteiger partial charge on any atom is 0.306 e. The summed E-state index contributed by atoms with van der Waals surface area (Å²) in [7, 11) is 0.